The third-order valence-electron chi connectivity index (χ3n) is 2.82. The molecule has 0 spiro atoms. The van der Waals surface area contributed by atoms with Crippen molar-refractivity contribution < 1.29 is 17.6 Å². The Kier molecular flexibility index (Phi) is 4.27. The Morgan fingerprint density at radius 3 is 2.20 bits per heavy atom. The van der Waals surface area contributed by atoms with Crippen molar-refractivity contribution in [3.63, 3.8) is 0 Å². The molecule has 0 radical (unpaired) electrons. The summed E-state index contributed by atoms with van der Waals surface area (Å²) in [6, 6.07) is 4.44. The fourth-order valence-corrected chi connectivity index (χ4v) is 2.01. The molecule has 0 aliphatic carbocycles. The van der Waals surface area contributed by atoms with Gasteiger partial charge in [0.15, 0.2) is 17.5 Å². The zero-order chi connectivity index (χ0) is 14.9. The van der Waals surface area contributed by atoms with E-state index in [4.69, 9.17) is 17.4 Å². The molecule has 0 saturated carbocycles. The average molecular weight is 305 g/mol. The average Bonchev–Trinajstić information content (AvgIpc) is 2.43. The Hall–Kier alpha value is -1.63. The molecule has 1 atom stereocenters. The van der Waals surface area contributed by atoms with Crippen molar-refractivity contribution in [2.24, 2.45) is 5.84 Å². The summed E-state index contributed by atoms with van der Waals surface area (Å²) in [6.07, 6.45) is 0. The molecule has 0 fully saturated rings. The first-order valence-electron chi connectivity index (χ1n) is 5.50. The van der Waals surface area contributed by atoms with Gasteiger partial charge in [-0.25, -0.2) is 23.0 Å². The molecule has 2 rings (SSSR count). The van der Waals surface area contributed by atoms with Gasteiger partial charge in [0.1, 0.15) is 5.82 Å². The van der Waals surface area contributed by atoms with E-state index in [1.165, 1.54) is 12.1 Å². The molecule has 1 unspecified atom stereocenters. The maximum atomic E-state index is 13.7. The summed E-state index contributed by atoms with van der Waals surface area (Å²) in [5.41, 5.74) is 2.35. The van der Waals surface area contributed by atoms with Crippen molar-refractivity contribution in [1.82, 2.24) is 5.43 Å². The Balaban J connectivity index is 2.52. The molecular formula is C13H9ClF4N2. The van der Waals surface area contributed by atoms with Gasteiger partial charge in [-0.15, -0.1) is 0 Å². The summed E-state index contributed by atoms with van der Waals surface area (Å²) < 4.78 is 53.0. The van der Waals surface area contributed by atoms with Crippen LogP contribution in [0.15, 0.2) is 30.3 Å². The number of nitrogens with one attached hydrogen (secondary N) is 1. The minimum absolute atomic E-state index is 0.189. The van der Waals surface area contributed by atoms with Gasteiger partial charge in [-0.1, -0.05) is 23.7 Å². The van der Waals surface area contributed by atoms with E-state index in [2.05, 4.69) is 5.43 Å². The van der Waals surface area contributed by atoms with Crippen molar-refractivity contribution in [2.45, 2.75) is 6.04 Å². The highest BCUT2D eigenvalue weighted by Crippen LogP contribution is 2.28. The van der Waals surface area contributed by atoms with Crippen LogP contribution in [-0.2, 0) is 0 Å². The third-order valence-corrected chi connectivity index (χ3v) is 3.11. The van der Waals surface area contributed by atoms with E-state index in [0.29, 0.717) is 5.56 Å². The quantitative estimate of drug-likeness (QED) is 0.394. The summed E-state index contributed by atoms with van der Waals surface area (Å²) >= 11 is 5.63. The Bertz CT molecular complexity index is 649. The summed E-state index contributed by atoms with van der Waals surface area (Å²) in [5, 5.41) is -0.189. The van der Waals surface area contributed by atoms with Crippen LogP contribution in [0.25, 0.3) is 0 Å². The Morgan fingerprint density at radius 1 is 0.950 bits per heavy atom. The molecule has 20 heavy (non-hydrogen) atoms. The Morgan fingerprint density at radius 2 is 1.60 bits per heavy atom. The van der Waals surface area contributed by atoms with Crippen molar-refractivity contribution in [3.05, 3.63) is 69.8 Å². The first-order valence-corrected chi connectivity index (χ1v) is 5.88. The smallest absolute Gasteiger partial charge is 0.194 e. The molecule has 0 bridgehead atoms. The number of benzene rings is 2. The maximum Gasteiger partial charge on any atom is 0.194 e. The first-order chi connectivity index (χ1) is 9.45. The lowest BCUT2D eigenvalue weighted by molar-refractivity contribution is 0.433. The molecule has 0 aliphatic heterocycles. The maximum absolute atomic E-state index is 13.7. The van der Waals surface area contributed by atoms with Crippen molar-refractivity contribution in [2.75, 3.05) is 0 Å². The number of halogens is 5. The molecule has 7 heteroatoms. The molecule has 0 amide bonds. The number of nitrogens with two attached hydrogens (primary N) is 1. The Labute approximate surface area is 117 Å². The van der Waals surface area contributed by atoms with Gasteiger partial charge in [0.25, 0.3) is 0 Å². The highest BCUT2D eigenvalue weighted by atomic mass is 35.5. The second-order valence-electron chi connectivity index (χ2n) is 4.04. The molecule has 2 aromatic carbocycles. The second-order valence-corrected chi connectivity index (χ2v) is 4.45. The van der Waals surface area contributed by atoms with E-state index in [1.54, 1.807) is 0 Å². The lowest BCUT2D eigenvalue weighted by atomic mass is 9.98. The van der Waals surface area contributed by atoms with Crippen LogP contribution in [-0.4, -0.2) is 0 Å². The molecule has 2 aromatic rings. The lowest BCUT2D eigenvalue weighted by Crippen LogP contribution is -2.30. The van der Waals surface area contributed by atoms with Crippen LogP contribution in [0.1, 0.15) is 17.2 Å². The van der Waals surface area contributed by atoms with Crippen LogP contribution in [0.5, 0.6) is 0 Å². The van der Waals surface area contributed by atoms with Crippen LogP contribution < -0.4 is 11.3 Å². The monoisotopic (exact) mass is 304 g/mol. The first kappa shape index (κ1) is 14.8. The van der Waals surface area contributed by atoms with Gasteiger partial charge in [-0.05, 0) is 23.8 Å². The van der Waals surface area contributed by atoms with E-state index in [0.717, 1.165) is 18.2 Å². The van der Waals surface area contributed by atoms with Crippen LogP contribution in [0.3, 0.4) is 0 Å². The minimum atomic E-state index is -1.60. The summed E-state index contributed by atoms with van der Waals surface area (Å²) in [7, 11) is 0. The van der Waals surface area contributed by atoms with Gasteiger partial charge >= 0.3 is 0 Å². The van der Waals surface area contributed by atoms with E-state index < -0.39 is 29.3 Å². The fourth-order valence-electron chi connectivity index (χ4n) is 1.82. The highest BCUT2D eigenvalue weighted by Gasteiger charge is 2.22. The fraction of sp³-hybridized carbons (Fsp3) is 0.0769. The van der Waals surface area contributed by atoms with E-state index in [1.807, 2.05) is 0 Å². The molecule has 3 N–H and O–H groups in total. The predicted molar refractivity (Wildman–Crippen MR) is 66.9 cm³/mol. The van der Waals surface area contributed by atoms with Gasteiger partial charge in [0.2, 0.25) is 0 Å². The third kappa shape index (κ3) is 2.63. The van der Waals surface area contributed by atoms with Crippen LogP contribution in [0.2, 0.25) is 5.02 Å². The van der Waals surface area contributed by atoms with E-state index in [9.17, 15) is 17.6 Å². The number of hydrogen-bond donors (Lipinski definition) is 2. The largest absolute Gasteiger partial charge is 0.271 e. The van der Waals surface area contributed by atoms with Crippen LogP contribution >= 0.6 is 11.6 Å². The lowest BCUT2D eigenvalue weighted by Gasteiger charge is -2.18. The van der Waals surface area contributed by atoms with Crippen molar-refractivity contribution in [3.8, 4) is 0 Å². The van der Waals surface area contributed by atoms with Crippen molar-refractivity contribution >= 4 is 11.6 Å². The highest BCUT2D eigenvalue weighted by molar-refractivity contribution is 6.30. The minimum Gasteiger partial charge on any atom is -0.271 e. The van der Waals surface area contributed by atoms with Crippen molar-refractivity contribution in [1.29, 1.82) is 0 Å². The van der Waals surface area contributed by atoms with Gasteiger partial charge in [-0.2, -0.15) is 0 Å². The van der Waals surface area contributed by atoms with Crippen LogP contribution in [0.4, 0.5) is 17.6 Å². The molecule has 2 nitrogen and oxygen atoms in total. The van der Waals surface area contributed by atoms with Gasteiger partial charge < -0.3 is 0 Å². The molecule has 0 heterocycles. The van der Waals surface area contributed by atoms with Gasteiger partial charge in [-0.3, -0.25) is 5.84 Å². The molecule has 0 aromatic heterocycles. The van der Waals surface area contributed by atoms with E-state index >= 15 is 0 Å². The topological polar surface area (TPSA) is 38.0 Å². The summed E-state index contributed by atoms with van der Waals surface area (Å²) in [6.45, 7) is 0. The summed E-state index contributed by atoms with van der Waals surface area (Å²) in [4.78, 5) is 0. The predicted octanol–water partition coefficient (Wildman–Crippen LogP) is 3.45. The molecule has 106 valence electrons. The summed E-state index contributed by atoms with van der Waals surface area (Å²) in [5.74, 6) is 0.382. The number of hydrogen-bond acceptors (Lipinski definition) is 2. The molecule has 0 saturated heterocycles. The molecular weight excluding hydrogens is 296 g/mol. The van der Waals surface area contributed by atoms with E-state index in [-0.39, 0.29) is 10.6 Å². The van der Waals surface area contributed by atoms with Crippen LogP contribution in [0, 0.1) is 23.3 Å². The molecule has 0 aliphatic rings. The van der Waals surface area contributed by atoms with Gasteiger partial charge in [0, 0.05) is 5.56 Å². The second kappa shape index (κ2) is 5.78. The zero-order valence-corrected chi connectivity index (χ0v) is 10.7. The zero-order valence-electron chi connectivity index (χ0n) is 9.93. The number of hydrazine groups is 1. The normalized spacial score (nSPS) is 12.5. The SMILES string of the molecule is NNC(c1ccc(F)c(Cl)c1)c1ccc(F)c(F)c1F. The van der Waals surface area contributed by atoms with Gasteiger partial charge in [0.05, 0.1) is 11.1 Å². The standard InChI is InChI=1S/C13H9ClF4N2/c14-8-5-6(1-3-9(8)15)13(20-19)7-2-4-10(16)12(18)11(7)17/h1-5,13,20H,19H2. The number of rotatable bonds is 3.